The minimum atomic E-state index is -0.0986. The van der Waals surface area contributed by atoms with E-state index in [0.717, 1.165) is 20.9 Å². The Labute approximate surface area is 605 Å². The van der Waals surface area contributed by atoms with Crippen molar-refractivity contribution < 1.29 is 133 Å². The first kappa shape index (κ1) is 89.6. The van der Waals surface area contributed by atoms with E-state index in [1.54, 1.807) is 24.6 Å². The lowest BCUT2D eigenvalue weighted by molar-refractivity contribution is -0.765. The second kappa shape index (κ2) is 68.1. The molecule has 0 radical (unpaired) electrons. The van der Waals surface area contributed by atoms with E-state index in [1.807, 2.05) is 50.5 Å². The first-order chi connectivity index (χ1) is 50.5. The van der Waals surface area contributed by atoms with E-state index >= 15 is 0 Å². The number of hydrogen-bond acceptors (Lipinski definition) is 26. The highest BCUT2D eigenvalue weighted by Crippen LogP contribution is 2.15. The molecule has 0 aliphatic carbocycles. The third-order valence-electron chi connectivity index (χ3n) is 14.2. The molecule has 582 valence electrons. The molecule has 2 aromatic carbocycles. The van der Waals surface area contributed by atoms with E-state index in [2.05, 4.69) is 44.2 Å². The normalized spacial score (nSPS) is 14.5. The Hall–Kier alpha value is -4.76. The molecule has 2 aromatic rings. The standard InChI is InChI=1S/C72H120N6O24/c1-3-81-19-21-85-27-29-89-35-37-93-43-45-97-51-53-101-57-55-99-49-47-95-41-39-91-33-31-87-25-23-83-17-15-75-11-13-77(65-75)63-67-5-7-71(79)69(59-67)61-73-9-10-74-62-70-60-68(6-8-72(70)80)64-78-14-12-76(66-78)16-18-84-24-26-88-32-34-92-40-42-96-48-50-100-56-58-102-54-52-98-46-44-94-38-36-90-30-28-86-22-20-82-4-2/h5-8,11-14,59-62,65-66H,3-4,9-10,15-58,63-64H2,1-2H3/p+2. The number of nitrogens with one attached hydrogen (secondary N) is 2. The van der Waals surface area contributed by atoms with Gasteiger partial charge in [0.1, 0.15) is 26.3 Å². The Balaban J connectivity index is 0.875. The summed E-state index contributed by atoms with van der Waals surface area (Å²) in [4.78, 5) is 11.2. The van der Waals surface area contributed by atoms with Crippen LogP contribution >= 0.6 is 0 Å². The lowest BCUT2D eigenvalue weighted by Crippen LogP contribution is -3.04. The maximum atomic E-state index is 12.7. The third kappa shape index (κ3) is 53.1. The molecular weight excluding hydrogens is 1330 g/mol. The van der Waals surface area contributed by atoms with Gasteiger partial charge >= 0.3 is 12.7 Å². The number of quaternary nitrogens is 2. The summed E-state index contributed by atoms with van der Waals surface area (Å²) in [6, 6.07) is 10.6. The molecule has 0 amide bonds. The topological polar surface area (TPSA) is 289 Å². The van der Waals surface area contributed by atoms with Gasteiger partial charge in [0.2, 0.25) is 12.4 Å². The molecule has 2 heterocycles. The first-order valence-electron chi connectivity index (χ1n) is 36.1. The predicted octanol–water partition coefficient (Wildman–Crippen LogP) is -0.402. The number of rotatable bonds is 77. The maximum absolute atomic E-state index is 12.7. The van der Waals surface area contributed by atoms with E-state index in [1.165, 1.54) is 0 Å². The highest BCUT2D eigenvalue weighted by atomic mass is 16.6. The third-order valence-corrected chi connectivity index (χ3v) is 14.2. The summed E-state index contributed by atoms with van der Waals surface area (Å²) in [5.41, 5.74) is 3.05. The SMILES string of the molecule is CCOCCOCCOCCOCCOCCOCCOCCOCCOCCOCCOCC[N+]1=C[NH+](Cc2ccc([O-])c(C=NCCN=Cc3cc(C[NH+]4C=C[N+](CCOCCOCCOCCOCCOCCOCCOCCOCCOCCOCCOCC)=C4)ccc3[O-])c2)C=C1. The van der Waals surface area contributed by atoms with Gasteiger partial charge in [-0.2, -0.15) is 9.15 Å². The summed E-state index contributed by atoms with van der Waals surface area (Å²) < 4.78 is 126. The van der Waals surface area contributed by atoms with Gasteiger partial charge in [-0.25, -0.2) is 9.80 Å². The molecule has 0 saturated carbocycles. The number of nitrogens with zero attached hydrogens (tertiary/aromatic N) is 4. The molecule has 4 rings (SSSR count). The van der Waals surface area contributed by atoms with Crippen molar-refractivity contribution in [3.8, 4) is 11.5 Å². The number of hydrogen-bond donors (Lipinski definition) is 2. The molecule has 0 aromatic heterocycles. The van der Waals surface area contributed by atoms with Gasteiger partial charge in [-0.15, -0.1) is 11.5 Å². The van der Waals surface area contributed by atoms with Crippen molar-refractivity contribution in [2.24, 2.45) is 9.98 Å². The van der Waals surface area contributed by atoms with Gasteiger partial charge in [0.05, 0.1) is 277 Å². The van der Waals surface area contributed by atoms with E-state index in [9.17, 15) is 10.2 Å². The fraction of sp³-hybridized carbons (Fsp3) is 0.722. The lowest BCUT2D eigenvalue weighted by Gasteiger charge is -2.12. The van der Waals surface area contributed by atoms with Crippen LogP contribution in [0.2, 0.25) is 0 Å². The molecule has 2 unspecified atom stereocenters. The molecule has 2 aliphatic heterocycles. The van der Waals surface area contributed by atoms with Crippen molar-refractivity contribution in [2.45, 2.75) is 26.9 Å². The summed E-state index contributed by atoms with van der Waals surface area (Å²) in [6.07, 6.45) is 15.6. The van der Waals surface area contributed by atoms with Crippen molar-refractivity contribution in [2.75, 3.05) is 317 Å². The summed E-state index contributed by atoms with van der Waals surface area (Å²) in [6.45, 7) is 30.1. The second-order valence-electron chi connectivity index (χ2n) is 22.3. The van der Waals surface area contributed by atoms with Crippen molar-refractivity contribution >= 4 is 25.1 Å². The smallest absolute Gasteiger partial charge is 0.335 e. The largest absolute Gasteiger partial charge is 0.872 e. The van der Waals surface area contributed by atoms with Crippen LogP contribution in [0.5, 0.6) is 11.5 Å². The molecule has 102 heavy (non-hydrogen) atoms. The van der Waals surface area contributed by atoms with Crippen LogP contribution in [-0.4, -0.2) is 351 Å². The zero-order chi connectivity index (χ0) is 72.0. The highest BCUT2D eigenvalue weighted by Gasteiger charge is 2.20. The number of aliphatic imine (C=N–C) groups is 2. The van der Waals surface area contributed by atoms with Crippen LogP contribution in [0.1, 0.15) is 36.1 Å². The van der Waals surface area contributed by atoms with Gasteiger partial charge in [0.15, 0.2) is 25.5 Å². The molecule has 0 bridgehead atoms. The van der Waals surface area contributed by atoms with Crippen molar-refractivity contribution in [1.82, 2.24) is 0 Å². The molecule has 30 nitrogen and oxygen atoms in total. The molecular formula is C72H122N6O24+2. The molecule has 2 atom stereocenters. The van der Waals surface area contributed by atoms with E-state index < -0.39 is 0 Å². The zero-order valence-electron chi connectivity index (χ0n) is 61.0. The van der Waals surface area contributed by atoms with Crippen LogP contribution in [0.3, 0.4) is 0 Å². The van der Waals surface area contributed by atoms with Gasteiger partial charge in [-0.1, -0.05) is 24.3 Å². The van der Waals surface area contributed by atoms with Gasteiger partial charge in [0, 0.05) is 36.8 Å². The van der Waals surface area contributed by atoms with Crippen molar-refractivity contribution in [1.29, 1.82) is 0 Å². The number of benzene rings is 2. The van der Waals surface area contributed by atoms with Crippen LogP contribution in [0.15, 0.2) is 71.2 Å². The van der Waals surface area contributed by atoms with E-state index in [4.69, 9.17) is 104 Å². The van der Waals surface area contributed by atoms with Gasteiger partial charge in [-0.3, -0.25) is 9.98 Å². The van der Waals surface area contributed by atoms with Gasteiger partial charge in [0.25, 0.3) is 0 Å². The summed E-state index contributed by atoms with van der Waals surface area (Å²) in [7, 11) is 0. The summed E-state index contributed by atoms with van der Waals surface area (Å²) in [5, 5.41) is 25.4. The quantitative estimate of drug-likeness (QED) is 0.0484. The molecule has 2 aliphatic rings. The first-order valence-corrected chi connectivity index (χ1v) is 36.1. The Morgan fingerprint density at radius 1 is 0.294 bits per heavy atom. The van der Waals surface area contributed by atoms with Crippen LogP contribution in [-0.2, 0) is 117 Å². The average Bonchev–Trinajstić information content (AvgIpc) is 1.36. The molecule has 30 heteroatoms. The maximum Gasteiger partial charge on any atom is 0.335 e. The fourth-order valence-corrected chi connectivity index (χ4v) is 9.03. The second-order valence-corrected chi connectivity index (χ2v) is 22.3. The van der Waals surface area contributed by atoms with Crippen LogP contribution < -0.4 is 20.0 Å². The molecule has 0 fully saturated rings. The van der Waals surface area contributed by atoms with Crippen LogP contribution in [0.25, 0.3) is 0 Å². The van der Waals surface area contributed by atoms with Crippen molar-refractivity contribution in [3.05, 3.63) is 83.5 Å². The minimum Gasteiger partial charge on any atom is -0.872 e. The van der Waals surface area contributed by atoms with E-state index in [-0.39, 0.29) is 11.5 Å². The minimum absolute atomic E-state index is 0.0986. The Bertz CT molecular complexity index is 2290. The average molecular weight is 1460 g/mol. The Morgan fingerprint density at radius 3 is 0.716 bits per heavy atom. The van der Waals surface area contributed by atoms with Gasteiger partial charge < -0.3 is 114 Å². The van der Waals surface area contributed by atoms with Crippen LogP contribution in [0.4, 0.5) is 0 Å². The fourth-order valence-electron chi connectivity index (χ4n) is 9.03. The zero-order valence-corrected chi connectivity index (χ0v) is 61.0. The Kier molecular flexibility index (Phi) is 59.8. The van der Waals surface area contributed by atoms with Gasteiger partial charge in [-0.05, 0) is 37.1 Å². The summed E-state index contributed by atoms with van der Waals surface area (Å²) in [5.74, 6) is -0.197. The predicted molar refractivity (Wildman–Crippen MR) is 376 cm³/mol. The summed E-state index contributed by atoms with van der Waals surface area (Å²) >= 11 is 0. The number of ether oxygens (including phenoxy) is 22. The lowest BCUT2D eigenvalue weighted by atomic mass is 10.1. The van der Waals surface area contributed by atoms with Crippen LogP contribution in [0, 0.1) is 0 Å². The molecule has 0 saturated heterocycles. The molecule has 0 spiro atoms. The van der Waals surface area contributed by atoms with E-state index in [0.29, 0.717) is 341 Å². The van der Waals surface area contributed by atoms with Crippen molar-refractivity contribution in [3.63, 3.8) is 0 Å². The monoisotopic (exact) mass is 1450 g/mol. The molecule has 2 N–H and O–H groups in total. The highest BCUT2D eigenvalue weighted by molar-refractivity contribution is 5.84. The Morgan fingerprint density at radius 2 is 0.500 bits per heavy atom.